The third-order valence-corrected chi connectivity index (χ3v) is 6.37. The van der Waals surface area contributed by atoms with Gasteiger partial charge in [-0.3, -0.25) is 0 Å². The molecule has 0 aliphatic carbocycles. The number of benzene rings is 1. The van der Waals surface area contributed by atoms with Crippen LogP contribution in [-0.2, 0) is 9.47 Å². The lowest BCUT2D eigenvalue weighted by atomic mass is 10.1. The molecule has 3 heterocycles. The smallest absolute Gasteiger partial charge is 0.161 e. The van der Waals surface area contributed by atoms with Crippen LogP contribution in [0.4, 0.5) is 11.6 Å². The van der Waals surface area contributed by atoms with Crippen LogP contribution >= 0.6 is 54.5 Å². The second-order valence-corrected chi connectivity index (χ2v) is 9.81. The van der Waals surface area contributed by atoms with Crippen LogP contribution in [0.15, 0.2) is 51.7 Å². The second kappa shape index (κ2) is 12.7. The highest BCUT2D eigenvalue weighted by molar-refractivity contribution is 14.1. The van der Waals surface area contributed by atoms with Crippen molar-refractivity contribution in [2.24, 2.45) is 0 Å². The van der Waals surface area contributed by atoms with Crippen LogP contribution in [0.1, 0.15) is 0 Å². The van der Waals surface area contributed by atoms with Gasteiger partial charge in [0.2, 0.25) is 0 Å². The summed E-state index contributed by atoms with van der Waals surface area (Å²) in [6.07, 6.45) is 3.39. The molecule has 1 aliphatic heterocycles. The van der Waals surface area contributed by atoms with Gasteiger partial charge >= 0.3 is 0 Å². The summed E-state index contributed by atoms with van der Waals surface area (Å²) in [7, 11) is 1.61. The van der Waals surface area contributed by atoms with E-state index in [9.17, 15) is 0 Å². The third-order valence-electron chi connectivity index (χ3n) is 4.51. The van der Waals surface area contributed by atoms with Crippen LogP contribution in [0, 0.1) is 3.57 Å². The normalized spacial score (nSPS) is 15.3. The average molecular weight is 694 g/mol. The van der Waals surface area contributed by atoms with E-state index in [4.69, 9.17) is 30.4 Å². The number of halogens is 3. The van der Waals surface area contributed by atoms with Crippen molar-refractivity contribution in [1.29, 1.82) is 0 Å². The number of hydrogen-bond acceptors (Lipinski definition) is 8. The van der Waals surface area contributed by atoms with E-state index in [-0.39, 0.29) is 6.10 Å². The Morgan fingerprint density at radius 3 is 2.33 bits per heavy atom. The molecule has 4 N–H and O–H groups in total. The van der Waals surface area contributed by atoms with Crippen LogP contribution < -0.4 is 20.9 Å². The third kappa shape index (κ3) is 7.67. The molecule has 4 rings (SSSR count). The van der Waals surface area contributed by atoms with Gasteiger partial charge in [-0.15, -0.1) is 0 Å². The lowest BCUT2D eigenvalue weighted by molar-refractivity contribution is -0.101. The van der Waals surface area contributed by atoms with Crippen LogP contribution in [0.5, 0.6) is 11.5 Å². The van der Waals surface area contributed by atoms with Gasteiger partial charge in [-0.25, -0.2) is 9.97 Å². The predicted octanol–water partition coefficient (Wildman–Crippen LogP) is 4.93. The van der Waals surface area contributed by atoms with Crippen LogP contribution in [0.3, 0.4) is 0 Å². The molecule has 0 spiro atoms. The fourth-order valence-corrected chi connectivity index (χ4v) is 4.39. The number of nitrogens with zero attached hydrogens (tertiary/aromatic N) is 2. The summed E-state index contributed by atoms with van der Waals surface area (Å²) in [6, 6.07) is 9.58. The van der Waals surface area contributed by atoms with Crippen LogP contribution in [-0.4, -0.2) is 49.6 Å². The molecular formula is C22H23Br2IN4O4. The quantitative estimate of drug-likeness (QED) is 0.362. The minimum atomic E-state index is -0.0552. The second-order valence-electron chi connectivity index (χ2n) is 6.86. The summed E-state index contributed by atoms with van der Waals surface area (Å²) in [5.41, 5.74) is 13.1. The Balaban J connectivity index is 0.000000286. The summed E-state index contributed by atoms with van der Waals surface area (Å²) in [6.45, 7) is 2.21. The van der Waals surface area contributed by atoms with Crippen molar-refractivity contribution in [1.82, 2.24) is 9.97 Å². The van der Waals surface area contributed by atoms with Gasteiger partial charge in [0.15, 0.2) is 11.5 Å². The maximum atomic E-state index is 5.83. The minimum absolute atomic E-state index is 0.0552. The predicted molar refractivity (Wildman–Crippen MR) is 143 cm³/mol. The molecular weight excluding hydrogens is 671 g/mol. The summed E-state index contributed by atoms with van der Waals surface area (Å²) in [4.78, 5) is 8.06. The van der Waals surface area contributed by atoms with Crippen LogP contribution in [0.2, 0.25) is 0 Å². The largest absolute Gasteiger partial charge is 0.493 e. The number of aromatic nitrogens is 2. The molecule has 3 aromatic rings. The van der Waals surface area contributed by atoms with Crippen molar-refractivity contribution in [3.63, 3.8) is 0 Å². The number of methoxy groups -OCH3 is 1. The molecule has 176 valence electrons. The van der Waals surface area contributed by atoms with Gasteiger partial charge in [-0.05, 0) is 84.3 Å². The fraction of sp³-hybridized carbons (Fsp3) is 0.273. The molecule has 1 saturated heterocycles. The fourth-order valence-electron chi connectivity index (χ4n) is 2.81. The Kier molecular flexibility index (Phi) is 9.98. The number of anilines is 2. The zero-order valence-electron chi connectivity index (χ0n) is 17.8. The highest BCUT2D eigenvalue weighted by Crippen LogP contribution is 2.34. The average Bonchev–Trinajstić information content (AvgIpc) is 2.83. The van der Waals surface area contributed by atoms with Gasteiger partial charge in [0.1, 0.15) is 24.3 Å². The van der Waals surface area contributed by atoms with E-state index >= 15 is 0 Å². The summed E-state index contributed by atoms with van der Waals surface area (Å²) < 4.78 is 24.9. The number of ether oxygens (including phenoxy) is 4. The van der Waals surface area contributed by atoms with E-state index in [0.29, 0.717) is 49.6 Å². The molecule has 0 unspecified atom stereocenters. The first-order valence-electron chi connectivity index (χ1n) is 9.85. The molecule has 1 aliphatic rings. The molecule has 1 atom stereocenters. The van der Waals surface area contributed by atoms with Crippen molar-refractivity contribution in [2.75, 3.05) is 45.0 Å². The number of nitrogens with two attached hydrogens (primary N) is 2. The van der Waals surface area contributed by atoms with Gasteiger partial charge in [0.05, 0.1) is 35.9 Å². The van der Waals surface area contributed by atoms with Gasteiger partial charge in [0, 0.05) is 21.5 Å². The molecule has 0 saturated carbocycles. The lowest BCUT2D eigenvalue weighted by Gasteiger charge is -2.23. The van der Waals surface area contributed by atoms with Gasteiger partial charge < -0.3 is 30.4 Å². The Bertz CT molecular complexity index is 1080. The molecule has 33 heavy (non-hydrogen) atoms. The van der Waals surface area contributed by atoms with Gasteiger partial charge in [-0.2, -0.15) is 0 Å². The molecule has 0 radical (unpaired) electrons. The van der Waals surface area contributed by atoms with Crippen molar-refractivity contribution in [3.8, 4) is 22.6 Å². The van der Waals surface area contributed by atoms with Gasteiger partial charge in [-0.1, -0.05) is 6.07 Å². The maximum absolute atomic E-state index is 5.83. The monoisotopic (exact) mass is 692 g/mol. The molecule has 0 bridgehead atoms. The van der Waals surface area contributed by atoms with E-state index in [1.807, 2.05) is 30.3 Å². The molecule has 11 heteroatoms. The van der Waals surface area contributed by atoms with Crippen molar-refractivity contribution >= 4 is 66.1 Å². The Morgan fingerprint density at radius 1 is 1.00 bits per heavy atom. The Hall–Kier alpha value is -1.67. The number of nitrogen functional groups attached to an aromatic ring is 2. The first-order chi connectivity index (χ1) is 15.9. The first kappa shape index (κ1) is 25.9. The Labute approximate surface area is 222 Å². The molecule has 2 aromatic heterocycles. The van der Waals surface area contributed by atoms with E-state index in [2.05, 4.69) is 64.4 Å². The molecule has 0 amide bonds. The molecule has 8 nitrogen and oxygen atoms in total. The van der Waals surface area contributed by atoms with E-state index < -0.39 is 0 Å². The number of rotatable bonds is 5. The van der Waals surface area contributed by atoms with Crippen LogP contribution in [0.25, 0.3) is 11.1 Å². The standard InChI is InChI=1S/C17H19BrN2O4.C5H4BrIN2/c1-21-16-7-11(12-6-14(18)17(19)20-8-12)2-3-15(16)24-10-13-9-22-4-5-23-13;6-4-1-3(7)2-9-5(4)8/h2-3,6-8,13H,4-5,9-10H2,1H3,(H2,19,20);1-2H,(H2,8,9)/t13-;/m0./s1. The summed E-state index contributed by atoms with van der Waals surface area (Å²) in [5.74, 6) is 2.31. The van der Waals surface area contributed by atoms with Gasteiger partial charge in [0.25, 0.3) is 0 Å². The van der Waals surface area contributed by atoms with E-state index in [0.717, 1.165) is 23.6 Å². The topological polar surface area (TPSA) is 115 Å². The van der Waals surface area contributed by atoms with E-state index in [1.54, 1.807) is 19.5 Å². The van der Waals surface area contributed by atoms with Crippen molar-refractivity contribution in [3.05, 3.63) is 55.2 Å². The highest BCUT2D eigenvalue weighted by Gasteiger charge is 2.16. The zero-order valence-corrected chi connectivity index (χ0v) is 23.1. The number of hydrogen-bond donors (Lipinski definition) is 2. The summed E-state index contributed by atoms with van der Waals surface area (Å²) >= 11 is 8.82. The number of pyridine rings is 2. The minimum Gasteiger partial charge on any atom is -0.493 e. The van der Waals surface area contributed by atoms with Crippen molar-refractivity contribution < 1.29 is 18.9 Å². The summed E-state index contributed by atoms with van der Waals surface area (Å²) in [5, 5.41) is 0. The van der Waals surface area contributed by atoms with Crippen molar-refractivity contribution in [2.45, 2.75) is 6.10 Å². The zero-order chi connectivity index (χ0) is 23.8. The molecule has 1 aromatic carbocycles. The molecule has 1 fully saturated rings. The highest BCUT2D eigenvalue weighted by atomic mass is 127. The Morgan fingerprint density at radius 2 is 1.73 bits per heavy atom. The SMILES string of the molecule is COc1cc(-c2cnc(N)c(Br)c2)ccc1OC[C@@H]1COCCO1.Nc1ncc(I)cc1Br. The first-order valence-corrected chi connectivity index (χ1v) is 12.5. The van der Waals surface area contributed by atoms with E-state index in [1.165, 1.54) is 0 Å². The lowest BCUT2D eigenvalue weighted by Crippen LogP contribution is -2.33. The maximum Gasteiger partial charge on any atom is 0.161 e.